The number of rotatable bonds is 6. The third-order valence-electron chi connectivity index (χ3n) is 6.25. The highest BCUT2D eigenvalue weighted by Crippen LogP contribution is 2.37. The molecule has 0 saturated carbocycles. The van der Waals surface area contributed by atoms with Gasteiger partial charge in [0.2, 0.25) is 11.8 Å². The molecule has 0 bridgehead atoms. The first kappa shape index (κ1) is 27.2. The molecule has 2 aromatic heterocycles. The standard InChI is InChI=1S/C24H24F6N6O2/c1-13-8-23(26,27)12-36(18(13)10-32-22-31-9-17(24(28,29)30)20(33-22)38-3)21(37)19-16(11-35(2)34-19)14-4-6-15(25)7-5-14/h4-7,9,11,13,18H,8,10,12H2,1-3H3,(H,31,32,33)/t13-,18-/m1/s1. The van der Waals surface area contributed by atoms with Crippen molar-refractivity contribution in [1.82, 2.24) is 24.6 Å². The average Bonchev–Trinajstić information content (AvgIpc) is 3.23. The van der Waals surface area contributed by atoms with Crippen LogP contribution in [-0.2, 0) is 13.2 Å². The van der Waals surface area contributed by atoms with E-state index in [0.29, 0.717) is 17.3 Å². The van der Waals surface area contributed by atoms with E-state index in [1.165, 1.54) is 35.1 Å². The van der Waals surface area contributed by atoms with Crippen LogP contribution < -0.4 is 10.1 Å². The van der Waals surface area contributed by atoms with Crippen molar-refractivity contribution in [2.24, 2.45) is 13.0 Å². The van der Waals surface area contributed by atoms with Crippen LogP contribution in [0, 0.1) is 11.7 Å². The topological polar surface area (TPSA) is 85.2 Å². The first-order chi connectivity index (χ1) is 17.8. The van der Waals surface area contributed by atoms with Gasteiger partial charge in [0.1, 0.15) is 11.4 Å². The Kier molecular flexibility index (Phi) is 7.26. The Morgan fingerprint density at radius 1 is 1.24 bits per heavy atom. The van der Waals surface area contributed by atoms with Crippen LogP contribution in [0.3, 0.4) is 0 Å². The fourth-order valence-electron chi connectivity index (χ4n) is 4.50. The predicted octanol–water partition coefficient (Wildman–Crippen LogP) is 4.64. The lowest BCUT2D eigenvalue weighted by Crippen LogP contribution is -2.57. The zero-order chi connectivity index (χ0) is 27.8. The molecule has 1 N–H and O–H groups in total. The number of halogens is 6. The number of carbonyl (C=O) groups is 1. The fourth-order valence-corrected chi connectivity index (χ4v) is 4.50. The number of amides is 1. The molecule has 0 radical (unpaired) electrons. The summed E-state index contributed by atoms with van der Waals surface area (Å²) in [5, 5.41) is 6.93. The van der Waals surface area contributed by atoms with E-state index in [4.69, 9.17) is 4.74 Å². The number of nitrogens with zero attached hydrogens (tertiary/aromatic N) is 5. The fraction of sp³-hybridized carbons (Fsp3) is 0.417. The minimum Gasteiger partial charge on any atom is -0.480 e. The second-order valence-corrected chi connectivity index (χ2v) is 9.10. The van der Waals surface area contributed by atoms with Gasteiger partial charge in [0.25, 0.3) is 11.8 Å². The second-order valence-electron chi connectivity index (χ2n) is 9.10. The maximum atomic E-state index is 14.6. The first-order valence-electron chi connectivity index (χ1n) is 11.5. The number of ether oxygens (including phenoxy) is 1. The van der Waals surface area contributed by atoms with Gasteiger partial charge in [0.05, 0.1) is 19.7 Å². The van der Waals surface area contributed by atoms with E-state index < -0.39 is 60.2 Å². The van der Waals surface area contributed by atoms with Gasteiger partial charge in [-0.1, -0.05) is 19.1 Å². The van der Waals surface area contributed by atoms with Gasteiger partial charge in [-0.15, -0.1) is 0 Å². The summed E-state index contributed by atoms with van der Waals surface area (Å²) in [7, 11) is 2.59. The van der Waals surface area contributed by atoms with E-state index in [1.54, 1.807) is 14.0 Å². The quantitative estimate of drug-likeness (QED) is 0.457. The van der Waals surface area contributed by atoms with Crippen molar-refractivity contribution in [3.8, 4) is 17.0 Å². The number of aryl methyl sites for hydroxylation is 1. The first-order valence-corrected chi connectivity index (χ1v) is 11.5. The largest absolute Gasteiger partial charge is 0.480 e. The number of piperidine rings is 1. The number of likely N-dealkylation sites (tertiary alicyclic amines) is 1. The van der Waals surface area contributed by atoms with E-state index in [-0.39, 0.29) is 18.2 Å². The lowest BCUT2D eigenvalue weighted by Gasteiger charge is -2.43. The molecule has 0 unspecified atom stereocenters. The van der Waals surface area contributed by atoms with Crippen LogP contribution in [-0.4, -0.2) is 62.7 Å². The highest BCUT2D eigenvalue weighted by molar-refractivity contribution is 5.99. The second kappa shape index (κ2) is 10.1. The van der Waals surface area contributed by atoms with Crippen LogP contribution in [0.1, 0.15) is 29.4 Å². The molecule has 3 heterocycles. The molecule has 0 aliphatic carbocycles. The Morgan fingerprint density at radius 3 is 2.55 bits per heavy atom. The van der Waals surface area contributed by atoms with Crippen LogP contribution >= 0.6 is 0 Å². The van der Waals surface area contributed by atoms with Crippen LogP contribution in [0.4, 0.5) is 32.3 Å². The van der Waals surface area contributed by atoms with Crippen LogP contribution in [0.15, 0.2) is 36.7 Å². The van der Waals surface area contributed by atoms with Crippen LogP contribution in [0.5, 0.6) is 5.88 Å². The zero-order valence-electron chi connectivity index (χ0n) is 20.6. The number of carbonyl (C=O) groups excluding carboxylic acids is 1. The van der Waals surface area contributed by atoms with E-state index in [1.807, 2.05) is 0 Å². The van der Waals surface area contributed by atoms with Gasteiger partial charge in [0.15, 0.2) is 5.69 Å². The number of nitrogens with one attached hydrogen (secondary N) is 1. The lowest BCUT2D eigenvalue weighted by molar-refractivity contribution is -0.139. The minimum atomic E-state index is -4.73. The SMILES string of the molecule is COc1nc(NC[C@@H]2[C@H](C)CC(F)(F)CN2C(=O)c2nn(C)cc2-c2ccc(F)cc2)ncc1C(F)(F)F. The third-order valence-corrected chi connectivity index (χ3v) is 6.25. The summed E-state index contributed by atoms with van der Waals surface area (Å²) < 4.78 is 88.1. The Bertz CT molecular complexity index is 1310. The van der Waals surface area contributed by atoms with Crippen molar-refractivity contribution in [3.05, 3.63) is 53.7 Å². The van der Waals surface area contributed by atoms with Gasteiger partial charge in [-0.25, -0.2) is 18.2 Å². The molecule has 1 aromatic carbocycles. The highest BCUT2D eigenvalue weighted by atomic mass is 19.4. The molecule has 14 heteroatoms. The summed E-state index contributed by atoms with van der Waals surface area (Å²) in [5.41, 5.74) is -0.459. The van der Waals surface area contributed by atoms with Crippen LogP contribution in [0.2, 0.25) is 0 Å². The zero-order valence-corrected chi connectivity index (χ0v) is 20.6. The van der Waals surface area contributed by atoms with Gasteiger partial charge in [0, 0.05) is 38.0 Å². The normalized spacial score (nSPS) is 19.3. The van der Waals surface area contributed by atoms with Crippen molar-refractivity contribution >= 4 is 11.9 Å². The van der Waals surface area contributed by atoms with E-state index in [9.17, 15) is 31.1 Å². The van der Waals surface area contributed by atoms with Gasteiger partial charge >= 0.3 is 6.18 Å². The number of alkyl halides is 5. The number of hydrogen-bond donors (Lipinski definition) is 1. The van der Waals surface area contributed by atoms with E-state index >= 15 is 0 Å². The number of methoxy groups -OCH3 is 1. The maximum Gasteiger partial charge on any atom is 0.423 e. The van der Waals surface area contributed by atoms with E-state index in [2.05, 4.69) is 20.4 Å². The van der Waals surface area contributed by atoms with Gasteiger partial charge in [-0.3, -0.25) is 9.48 Å². The summed E-state index contributed by atoms with van der Waals surface area (Å²) in [6.07, 6.45) is -3.16. The molecule has 1 amide bonds. The summed E-state index contributed by atoms with van der Waals surface area (Å²) in [5.74, 6) is -6.06. The van der Waals surface area contributed by atoms with Crippen molar-refractivity contribution in [3.63, 3.8) is 0 Å². The molecule has 1 aliphatic rings. The minimum absolute atomic E-state index is 0.0959. The number of anilines is 1. The molecule has 204 valence electrons. The number of hydrogen-bond acceptors (Lipinski definition) is 6. The Hall–Kier alpha value is -3.84. The number of aromatic nitrogens is 4. The van der Waals surface area contributed by atoms with Gasteiger partial charge in [-0.05, 0) is 23.6 Å². The monoisotopic (exact) mass is 542 g/mol. The van der Waals surface area contributed by atoms with Gasteiger partial charge < -0.3 is 15.0 Å². The Morgan fingerprint density at radius 2 is 1.92 bits per heavy atom. The molecular formula is C24H24F6N6O2. The molecule has 0 spiro atoms. The Labute approximate surface area is 213 Å². The molecule has 1 aliphatic heterocycles. The van der Waals surface area contributed by atoms with E-state index in [0.717, 1.165) is 12.0 Å². The molecule has 1 saturated heterocycles. The van der Waals surface area contributed by atoms with Crippen LogP contribution in [0.25, 0.3) is 11.1 Å². The summed E-state index contributed by atoms with van der Waals surface area (Å²) in [6, 6.07) is 4.51. The molecule has 4 rings (SSSR count). The summed E-state index contributed by atoms with van der Waals surface area (Å²) in [6.45, 7) is 0.530. The smallest absolute Gasteiger partial charge is 0.423 e. The molecule has 8 nitrogen and oxygen atoms in total. The van der Waals surface area contributed by atoms with Crippen molar-refractivity contribution < 1.29 is 35.9 Å². The average molecular weight is 542 g/mol. The number of benzene rings is 1. The molecular weight excluding hydrogens is 518 g/mol. The van der Waals surface area contributed by atoms with Crippen molar-refractivity contribution in [1.29, 1.82) is 0 Å². The highest BCUT2D eigenvalue weighted by Gasteiger charge is 2.47. The molecule has 2 atom stereocenters. The van der Waals surface area contributed by atoms with Crippen molar-refractivity contribution in [2.75, 3.05) is 25.5 Å². The predicted molar refractivity (Wildman–Crippen MR) is 124 cm³/mol. The summed E-state index contributed by atoms with van der Waals surface area (Å²) >= 11 is 0. The molecule has 1 fully saturated rings. The summed E-state index contributed by atoms with van der Waals surface area (Å²) in [4.78, 5) is 22.0. The third kappa shape index (κ3) is 5.68. The maximum absolute atomic E-state index is 14.6. The van der Waals surface area contributed by atoms with Crippen molar-refractivity contribution in [2.45, 2.75) is 31.5 Å². The van der Waals surface area contributed by atoms with Gasteiger partial charge in [-0.2, -0.15) is 23.3 Å². The Balaban J connectivity index is 1.63. The molecule has 3 aromatic rings. The molecule has 38 heavy (non-hydrogen) atoms. The lowest BCUT2D eigenvalue weighted by atomic mass is 9.88.